The van der Waals surface area contributed by atoms with Gasteiger partial charge in [0.25, 0.3) is 0 Å². The van der Waals surface area contributed by atoms with Gasteiger partial charge >= 0.3 is 5.97 Å². The van der Waals surface area contributed by atoms with Gasteiger partial charge in [0.15, 0.2) is 0 Å². The molecule has 108 heavy (non-hydrogen) atoms. The van der Waals surface area contributed by atoms with Crippen molar-refractivity contribution in [3.8, 4) is 0 Å². The van der Waals surface area contributed by atoms with E-state index in [4.69, 9.17) is 5.73 Å². The Balaban J connectivity index is 1.36. The third-order valence-corrected chi connectivity index (χ3v) is 22.3. The Hall–Kier alpha value is -7.17. The summed E-state index contributed by atoms with van der Waals surface area (Å²) in [6, 6.07) is -14.4. The molecule has 6 aliphatic rings. The molecule has 12 amide bonds. The van der Waals surface area contributed by atoms with E-state index in [1.54, 1.807) is 27.7 Å². The number of hydrogen-bond acceptors (Lipinski definition) is 20. The van der Waals surface area contributed by atoms with E-state index in [9.17, 15) is 83.1 Å². The maximum absolute atomic E-state index is 15.1. The second-order valence-electron chi connectivity index (χ2n) is 32.2. The minimum Gasteiger partial charge on any atom is -0.481 e. The molecule has 0 spiro atoms. The molecule has 3 aliphatic heterocycles. The summed E-state index contributed by atoms with van der Waals surface area (Å²) in [5.74, 6) is -11.9. The van der Waals surface area contributed by atoms with Crippen molar-refractivity contribution in [3.63, 3.8) is 0 Å². The molecule has 33 nitrogen and oxygen atoms in total. The van der Waals surface area contributed by atoms with Crippen LogP contribution in [0.25, 0.3) is 0 Å². The Bertz CT molecular complexity index is 2970. The number of carbonyl (C=O) groups is 13. The monoisotopic (exact) mass is 1530 g/mol. The lowest BCUT2D eigenvalue weighted by atomic mass is 9.82. The second-order valence-corrected chi connectivity index (χ2v) is 32.2. The average molecular weight is 1530 g/mol. The Morgan fingerprint density at radius 2 is 0.963 bits per heavy atom. The van der Waals surface area contributed by atoms with Crippen molar-refractivity contribution >= 4 is 76.9 Å². The van der Waals surface area contributed by atoms with E-state index >= 15 is 4.79 Å². The highest BCUT2D eigenvalue weighted by molar-refractivity contribution is 5.99. The highest BCUT2D eigenvalue weighted by atomic mass is 16.4. The molecular weight excluding hydrogens is 1400 g/mol. The fraction of sp³-hybridized carbons (Fsp3) is 0.827. The van der Waals surface area contributed by atoms with Crippen LogP contribution in [0.15, 0.2) is 0 Å². The standard InChI is InChI=1S/C75H129N15O18/c1-7-17-51-65(99)83-53(31-32-59(97)98)66(100)84-55(39-45-25-29-49(94)30-26-45)70(104)90-62(46-18-10-8-11-19-46)73(107)89-60(42(2)91)71(105)79-37-33-57(95)77-35-15-9-12-22-58(96)87-63(75(4,5)6)74(108)86-54(38-44-23-27-48(93)28-24-44)68(102)82-52(21-13-14-34-76)67(101)88-61(43(3)92)72(106)85-56(69(103)81-51)40-47-41-80-64-50(47)20-16-36-78-64/h42-56,60-64,78,80,91-94H,7-41,76H2,1-6H3,(H,77,95)(H,79,105)(H,81,103)(H,82,102)(H,83,99)(H,84,100)(H,85,106)(H,86,108)(H,87,96)(H,88,101)(H,89,107)(H,90,104)(H,97,98)/t42-,43-,44?,45?,47?,48?,49?,50?,51+,52+,53+,54+,55+,56+,60+,61+,62+,63-,64?/m1/s1. The second kappa shape index (κ2) is 45.2. The van der Waals surface area contributed by atoms with Gasteiger partial charge in [-0.3, -0.25) is 62.3 Å². The molecule has 0 bridgehead atoms. The smallest absolute Gasteiger partial charge is 0.303 e. The van der Waals surface area contributed by atoms with Crippen LogP contribution in [0, 0.1) is 35.0 Å². The zero-order valence-electron chi connectivity index (χ0n) is 64.4. The molecule has 3 unspecified atom stereocenters. The number of carboxylic acids is 1. The van der Waals surface area contributed by atoms with Crippen LogP contribution in [0.3, 0.4) is 0 Å². The Morgan fingerprint density at radius 1 is 0.463 bits per heavy atom. The molecule has 15 atom stereocenters. The third kappa shape index (κ3) is 29.6. The first-order valence-electron chi connectivity index (χ1n) is 40.0. The van der Waals surface area contributed by atoms with Crippen molar-refractivity contribution in [1.29, 1.82) is 0 Å². The van der Waals surface area contributed by atoms with E-state index in [1.165, 1.54) is 13.8 Å². The highest BCUT2D eigenvalue weighted by Gasteiger charge is 2.44. The SMILES string of the molecule is CCC[C@@H]1NC(=O)[C@H](CC2CNC3NCCCC23)NC(=O)[C@H]([C@@H](C)O)NC(=O)[C@H](CCCCN)NC(=O)[C@H](CC2CCC(O)CC2)NC(=O)[C@H](C(C)(C)C)NC(=O)CCCCCNC(=O)CCNC(=O)[C@H]([C@@H](C)O)NC(=O)[C@H](C2CCCCC2)NC(=O)[C@H](CC2CCC(O)CC2)NC(=O)[C@H](CCC(=O)O)NC1=O. The van der Waals surface area contributed by atoms with Crippen molar-refractivity contribution < 1.29 is 87.9 Å². The Labute approximate surface area is 635 Å². The van der Waals surface area contributed by atoms with Gasteiger partial charge in [-0.1, -0.05) is 59.8 Å². The number of piperidine rings is 1. The zero-order valence-corrected chi connectivity index (χ0v) is 64.4. The first kappa shape index (κ1) is 89.7. The van der Waals surface area contributed by atoms with Crippen LogP contribution in [0.2, 0.25) is 0 Å². The lowest BCUT2D eigenvalue weighted by Crippen LogP contribution is -2.62. The quantitative estimate of drug-likeness (QED) is 0.0734. The summed E-state index contributed by atoms with van der Waals surface area (Å²) in [6.45, 7) is 10.9. The van der Waals surface area contributed by atoms with Gasteiger partial charge in [-0.25, -0.2) is 0 Å². The van der Waals surface area contributed by atoms with Gasteiger partial charge in [-0.05, 0) is 210 Å². The molecule has 0 radical (unpaired) electrons. The molecule has 0 aromatic carbocycles. The fourth-order valence-corrected chi connectivity index (χ4v) is 15.9. The lowest BCUT2D eigenvalue weighted by Gasteiger charge is -2.34. The Morgan fingerprint density at radius 3 is 1.53 bits per heavy atom. The molecule has 3 saturated heterocycles. The minimum atomic E-state index is -1.77. The molecule has 21 N–H and O–H groups in total. The molecule has 33 heteroatoms. The van der Waals surface area contributed by atoms with E-state index in [0.29, 0.717) is 116 Å². The summed E-state index contributed by atoms with van der Waals surface area (Å²) in [5.41, 5.74) is 5.01. The van der Waals surface area contributed by atoms with Gasteiger partial charge in [0.2, 0.25) is 70.9 Å². The van der Waals surface area contributed by atoms with Crippen LogP contribution in [0.1, 0.15) is 234 Å². The van der Waals surface area contributed by atoms with E-state index in [2.05, 4.69) is 74.4 Å². The fourth-order valence-electron chi connectivity index (χ4n) is 15.9. The summed E-state index contributed by atoms with van der Waals surface area (Å²) >= 11 is 0. The van der Waals surface area contributed by atoms with Gasteiger partial charge in [-0.15, -0.1) is 0 Å². The molecular formula is C75H129N15O18. The van der Waals surface area contributed by atoms with E-state index < -0.39 is 186 Å². The number of rotatable bonds is 18. The number of nitrogens with two attached hydrogens (primary N) is 1. The number of amides is 12. The van der Waals surface area contributed by atoms with Crippen molar-refractivity contribution in [3.05, 3.63) is 0 Å². The number of aliphatic hydroxyl groups excluding tert-OH is 4. The van der Waals surface area contributed by atoms with E-state index in [1.807, 2.05) is 0 Å². The van der Waals surface area contributed by atoms with Crippen LogP contribution < -0.4 is 80.2 Å². The first-order valence-corrected chi connectivity index (χ1v) is 40.0. The van der Waals surface area contributed by atoms with Crippen LogP contribution >= 0.6 is 0 Å². The third-order valence-electron chi connectivity index (χ3n) is 22.3. The van der Waals surface area contributed by atoms with Gasteiger partial charge in [-0.2, -0.15) is 0 Å². The summed E-state index contributed by atoms with van der Waals surface area (Å²) in [4.78, 5) is 186. The summed E-state index contributed by atoms with van der Waals surface area (Å²) in [7, 11) is 0. The predicted molar refractivity (Wildman–Crippen MR) is 398 cm³/mol. The molecule has 6 rings (SSSR count). The summed E-state index contributed by atoms with van der Waals surface area (Å²) < 4.78 is 0. The first-order chi connectivity index (χ1) is 51.3. The lowest BCUT2D eigenvalue weighted by molar-refractivity contribution is -0.139. The van der Waals surface area contributed by atoms with E-state index in [0.717, 1.165) is 25.8 Å². The van der Waals surface area contributed by atoms with Crippen molar-refractivity contribution in [1.82, 2.24) is 74.4 Å². The predicted octanol–water partition coefficient (Wildman–Crippen LogP) is -0.970. The zero-order chi connectivity index (χ0) is 79.2. The van der Waals surface area contributed by atoms with Crippen molar-refractivity contribution in [2.75, 3.05) is 32.7 Å². The normalized spacial score (nSPS) is 32.5. The number of aliphatic hydroxyl groups is 4. The molecule has 612 valence electrons. The Kier molecular flexibility index (Phi) is 37.6. The molecule has 6 fully saturated rings. The summed E-state index contributed by atoms with van der Waals surface area (Å²) in [6.07, 6.45) is 5.03. The maximum atomic E-state index is 15.1. The number of unbranched alkanes of at least 4 members (excludes halogenated alkanes) is 1. The van der Waals surface area contributed by atoms with E-state index in [-0.39, 0.29) is 101 Å². The number of hydrogen-bond donors (Lipinski definition) is 20. The van der Waals surface area contributed by atoms with Crippen LogP contribution in [-0.2, 0) is 62.3 Å². The van der Waals surface area contributed by atoms with Crippen molar-refractivity contribution in [2.45, 2.75) is 325 Å². The highest BCUT2D eigenvalue weighted by Crippen LogP contribution is 2.34. The molecule has 0 aromatic heterocycles. The molecule has 3 saturated carbocycles. The van der Waals surface area contributed by atoms with Crippen LogP contribution in [0.4, 0.5) is 0 Å². The minimum absolute atomic E-state index is 0.000132. The van der Waals surface area contributed by atoms with Crippen molar-refractivity contribution in [2.24, 2.45) is 40.7 Å². The topological polar surface area (TPSA) is 517 Å². The van der Waals surface area contributed by atoms with Gasteiger partial charge in [0.1, 0.15) is 60.4 Å². The number of carboxylic acid groups (broad SMARTS) is 1. The number of nitrogens with one attached hydrogen (secondary N) is 14. The van der Waals surface area contributed by atoms with Gasteiger partial charge < -0.3 is 106 Å². The maximum Gasteiger partial charge on any atom is 0.303 e. The van der Waals surface area contributed by atoms with Gasteiger partial charge in [0.05, 0.1) is 30.6 Å². The van der Waals surface area contributed by atoms with Crippen LogP contribution in [-0.4, -0.2) is 226 Å². The largest absolute Gasteiger partial charge is 0.481 e. The molecule has 3 heterocycles. The number of fused-ring (bicyclic) bond motifs is 1. The summed E-state index contributed by atoms with van der Waals surface area (Å²) in [5, 5.41) is 93.1. The molecule has 0 aromatic rings. The average Bonchev–Trinajstić information content (AvgIpc) is 1.59. The number of aliphatic carboxylic acids is 1. The van der Waals surface area contributed by atoms with Crippen LogP contribution in [0.5, 0.6) is 0 Å². The van der Waals surface area contributed by atoms with Gasteiger partial charge in [0, 0.05) is 32.4 Å². The number of carbonyl (C=O) groups excluding carboxylic acids is 12. The molecule has 3 aliphatic carbocycles.